The molecule has 0 rings (SSSR count). The molecule has 0 radical (unpaired) electrons. The average molecular weight is 289 g/mol. The van der Waals surface area contributed by atoms with E-state index >= 15 is 0 Å². The van der Waals surface area contributed by atoms with Crippen LogP contribution in [0.15, 0.2) is 0 Å². The molecule has 20 heavy (non-hydrogen) atoms. The van der Waals surface area contributed by atoms with Crippen molar-refractivity contribution in [3.05, 3.63) is 0 Å². The first-order valence-corrected chi connectivity index (χ1v) is 6.44. The lowest BCUT2D eigenvalue weighted by molar-refractivity contribution is -0.138. The Bertz CT molecular complexity index is 359. The van der Waals surface area contributed by atoms with Crippen LogP contribution in [0.1, 0.15) is 27.2 Å². The number of carboxylic acid groups (broad SMARTS) is 1. The Morgan fingerprint density at radius 3 is 2.15 bits per heavy atom. The van der Waals surface area contributed by atoms with E-state index in [4.69, 9.17) is 10.8 Å². The van der Waals surface area contributed by atoms with Crippen LogP contribution in [-0.4, -0.2) is 52.7 Å². The maximum atomic E-state index is 11.9. The number of aliphatic hydroxyl groups is 1. The third-order valence-electron chi connectivity index (χ3n) is 3.03. The molecule has 4 unspecified atom stereocenters. The number of aliphatic carboxylic acids is 1. The predicted molar refractivity (Wildman–Crippen MR) is 71.7 cm³/mol. The zero-order chi connectivity index (χ0) is 15.9. The lowest BCUT2D eigenvalue weighted by atomic mass is 9.97. The van der Waals surface area contributed by atoms with Gasteiger partial charge in [0.1, 0.15) is 18.6 Å². The highest BCUT2D eigenvalue weighted by Crippen LogP contribution is 2.08. The normalized spacial score (nSPS) is 16.6. The van der Waals surface area contributed by atoms with E-state index in [0.717, 1.165) is 0 Å². The second kappa shape index (κ2) is 8.49. The quantitative estimate of drug-likeness (QED) is 0.365. The van der Waals surface area contributed by atoms with E-state index in [2.05, 4.69) is 10.6 Å². The second-order valence-corrected chi connectivity index (χ2v) is 4.75. The summed E-state index contributed by atoms with van der Waals surface area (Å²) in [6.45, 7) is 4.43. The number of rotatable bonds is 8. The van der Waals surface area contributed by atoms with Crippen molar-refractivity contribution in [1.82, 2.24) is 10.6 Å². The molecule has 8 heteroatoms. The van der Waals surface area contributed by atoms with Gasteiger partial charge < -0.3 is 26.6 Å². The van der Waals surface area contributed by atoms with Crippen LogP contribution in [0.25, 0.3) is 0 Å². The minimum atomic E-state index is -1.17. The molecule has 0 heterocycles. The Kier molecular flexibility index (Phi) is 7.78. The van der Waals surface area contributed by atoms with Crippen LogP contribution in [0.4, 0.5) is 0 Å². The third kappa shape index (κ3) is 5.98. The molecule has 0 aromatic rings. The molecular weight excluding hydrogens is 266 g/mol. The monoisotopic (exact) mass is 289 g/mol. The summed E-state index contributed by atoms with van der Waals surface area (Å²) < 4.78 is 0. The summed E-state index contributed by atoms with van der Waals surface area (Å²) in [7, 11) is 0. The number of aliphatic hydroxyl groups excluding tert-OH is 1. The zero-order valence-electron chi connectivity index (χ0n) is 11.9. The summed E-state index contributed by atoms with van der Waals surface area (Å²) in [6, 6.07) is -2.04. The van der Waals surface area contributed by atoms with Crippen LogP contribution in [-0.2, 0) is 14.4 Å². The van der Waals surface area contributed by atoms with Crippen molar-refractivity contribution in [3.63, 3.8) is 0 Å². The van der Waals surface area contributed by atoms with Crippen molar-refractivity contribution >= 4 is 17.8 Å². The van der Waals surface area contributed by atoms with Crippen molar-refractivity contribution in [2.24, 2.45) is 11.7 Å². The topological polar surface area (TPSA) is 142 Å². The van der Waals surface area contributed by atoms with Gasteiger partial charge in [0.25, 0.3) is 0 Å². The van der Waals surface area contributed by atoms with Crippen molar-refractivity contribution in [1.29, 1.82) is 0 Å². The van der Waals surface area contributed by atoms with E-state index < -0.39 is 42.5 Å². The van der Waals surface area contributed by atoms with Gasteiger partial charge in [-0.1, -0.05) is 20.3 Å². The van der Waals surface area contributed by atoms with E-state index in [-0.39, 0.29) is 5.92 Å². The molecule has 2 amide bonds. The summed E-state index contributed by atoms with van der Waals surface area (Å²) in [5.41, 5.74) is 5.48. The van der Waals surface area contributed by atoms with Gasteiger partial charge in [0.15, 0.2) is 0 Å². The van der Waals surface area contributed by atoms with Crippen LogP contribution >= 0.6 is 0 Å². The van der Waals surface area contributed by atoms with Crippen LogP contribution in [0.3, 0.4) is 0 Å². The zero-order valence-corrected chi connectivity index (χ0v) is 11.9. The fraction of sp³-hybridized carbons (Fsp3) is 0.750. The molecule has 0 bridgehead atoms. The Labute approximate surface area is 117 Å². The highest BCUT2D eigenvalue weighted by atomic mass is 16.4. The summed E-state index contributed by atoms with van der Waals surface area (Å²) in [5.74, 6) is -2.62. The molecule has 0 saturated heterocycles. The molecule has 8 nitrogen and oxygen atoms in total. The van der Waals surface area contributed by atoms with Gasteiger partial charge in [0, 0.05) is 0 Å². The van der Waals surface area contributed by atoms with Gasteiger partial charge >= 0.3 is 5.97 Å². The fourth-order valence-electron chi connectivity index (χ4n) is 1.44. The molecule has 0 aliphatic rings. The number of carboxylic acids is 1. The van der Waals surface area contributed by atoms with Gasteiger partial charge in [0.2, 0.25) is 11.8 Å². The van der Waals surface area contributed by atoms with Crippen molar-refractivity contribution < 1.29 is 24.6 Å². The highest BCUT2D eigenvalue weighted by Gasteiger charge is 2.29. The van der Waals surface area contributed by atoms with Crippen LogP contribution < -0.4 is 16.4 Å². The van der Waals surface area contributed by atoms with Gasteiger partial charge in [-0.3, -0.25) is 14.4 Å². The largest absolute Gasteiger partial charge is 0.480 e. The summed E-state index contributed by atoms with van der Waals surface area (Å²) >= 11 is 0. The van der Waals surface area contributed by atoms with Gasteiger partial charge in [-0.15, -0.1) is 0 Å². The van der Waals surface area contributed by atoms with Gasteiger partial charge in [0.05, 0.1) is 6.10 Å². The Balaban J connectivity index is 4.76. The van der Waals surface area contributed by atoms with Crippen molar-refractivity contribution in [3.8, 4) is 0 Å². The molecule has 0 spiro atoms. The molecule has 0 saturated carbocycles. The fourth-order valence-corrected chi connectivity index (χ4v) is 1.44. The third-order valence-corrected chi connectivity index (χ3v) is 3.03. The van der Waals surface area contributed by atoms with Gasteiger partial charge in [-0.25, -0.2) is 0 Å². The van der Waals surface area contributed by atoms with E-state index in [0.29, 0.717) is 6.42 Å². The van der Waals surface area contributed by atoms with E-state index in [1.165, 1.54) is 6.92 Å². The van der Waals surface area contributed by atoms with Crippen molar-refractivity contribution in [2.75, 3.05) is 6.54 Å². The molecule has 6 N–H and O–H groups in total. The first-order chi connectivity index (χ1) is 9.20. The first-order valence-electron chi connectivity index (χ1n) is 6.44. The Morgan fingerprint density at radius 1 is 1.20 bits per heavy atom. The summed E-state index contributed by atoms with van der Waals surface area (Å²) in [4.78, 5) is 34.1. The molecule has 0 aromatic heterocycles. The number of nitrogens with two attached hydrogens (primary N) is 1. The average Bonchev–Trinajstić information content (AvgIpc) is 2.39. The van der Waals surface area contributed by atoms with Gasteiger partial charge in [-0.2, -0.15) is 0 Å². The molecule has 0 aliphatic heterocycles. The Morgan fingerprint density at radius 2 is 1.75 bits per heavy atom. The maximum Gasteiger partial charge on any atom is 0.322 e. The van der Waals surface area contributed by atoms with E-state index in [9.17, 15) is 19.5 Å². The molecule has 0 aliphatic carbocycles. The maximum absolute atomic E-state index is 11.9. The Hall–Kier alpha value is -1.67. The molecule has 0 aromatic carbocycles. The minimum Gasteiger partial charge on any atom is -0.480 e. The SMILES string of the molecule is CCC(C)C(NC(=O)C(N)C(C)O)C(=O)NCC(=O)O. The second-order valence-electron chi connectivity index (χ2n) is 4.75. The number of nitrogens with one attached hydrogen (secondary N) is 2. The molecular formula is C12H23N3O5. The molecule has 0 fully saturated rings. The number of carbonyl (C=O) groups is 3. The van der Waals surface area contributed by atoms with Crippen LogP contribution in [0, 0.1) is 5.92 Å². The molecule has 116 valence electrons. The highest BCUT2D eigenvalue weighted by molar-refractivity contribution is 5.91. The first kappa shape index (κ1) is 18.3. The van der Waals surface area contributed by atoms with Crippen LogP contribution in [0.5, 0.6) is 0 Å². The lowest BCUT2D eigenvalue weighted by Crippen LogP contribution is -2.56. The van der Waals surface area contributed by atoms with Crippen LogP contribution in [0.2, 0.25) is 0 Å². The number of carbonyl (C=O) groups excluding carboxylic acids is 2. The van der Waals surface area contributed by atoms with Crippen molar-refractivity contribution in [2.45, 2.75) is 45.4 Å². The standard InChI is InChI=1S/C12H23N3O5/c1-4-6(2)10(12(20)14-5-8(17)18)15-11(19)9(13)7(3)16/h6-7,9-10,16H,4-5,13H2,1-3H3,(H,14,20)(H,15,19)(H,17,18). The number of hydrogen-bond donors (Lipinski definition) is 5. The number of hydrogen-bond acceptors (Lipinski definition) is 5. The summed E-state index contributed by atoms with van der Waals surface area (Å²) in [5, 5.41) is 22.4. The molecule has 4 atom stereocenters. The van der Waals surface area contributed by atoms with E-state index in [1.54, 1.807) is 6.92 Å². The van der Waals surface area contributed by atoms with Gasteiger partial charge in [-0.05, 0) is 12.8 Å². The van der Waals surface area contributed by atoms with E-state index in [1.807, 2.05) is 6.92 Å². The lowest BCUT2D eigenvalue weighted by Gasteiger charge is -2.25. The number of amides is 2. The smallest absolute Gasteiger partial charge is 0.322 e. The minimum absolute atomic E-state index is 0.200. The summed E-state index contributed by atoms with van der Waals surface area (Å²) in [6.07, 6.45) is -0.440. The predicted octanol–water partition coefficient (Wildman–Crippen LogP) is -1.57.